The zero-order chi connectivity index (χ0) is 26.6. The summed E-state index contributed by atoms with van der Waals surface area (Å²) in [5, 5.41) is 18.4. The van der Waals surface area contributed by atoms with Crippen molar-refractivity contribution in [3.05, 3.63) is 96.2 Å². The molecule has 4 heteroatoms. The van der Waals surface area contributed by atoms with Crippen molar-refractivity contribution in [2.45, 2.75) is 51.3 Å². The molecule has 2 heterocycles. The van der Waals surface area contributed by atoms with E-state index in [1.165, 1.54) is 51.3 Å². The van der Waals surface area contributed by atoms with Gasteiger partial charge in [-0.25, -0.2) is 0 Å². The maximum absolute atomic E-state index is 12.2. The first-order chi connectivity index (χ1) is 19.1. The lowest BCUT2D eigenvalue weighted by atomic mass is 9.81. The van der Waals surface area contributed by atoms with Crippen LogP contribution in [-0.4, -0.2) is 29.8 Å². The first-order valence-corrected chi connectivity index (χ1v) is 14.4. The molecule has 2 fully saturated rings. The highest BCUT2D eigenvalue weighted by Gasteiger charge is 2.58. The SMILES string of the molecule is CCC1CC12CC[NH+](Cc1c3ccccc3cc3ccccc13)C(C(O)c1ccnc3ccc(OC)cc13)C2. The summed E-state index contributed by atoms with van der Waals surface area (Å²) >= 11 is 0. The summed E-state index contributed by atoms with van der Waals surface area (Å²) in [6.45, 7) is 4.32. The van der Waals surface area contributed by atoms with Crippen LogP contribution in [0.3, 0.4) is 0 Å². The van der Waals surface area contributed by atoms with Crippen molar-refractivity contribution in [1.82, 2.24) is 4.98 Å². The fourth-order valence-electron chi connectivity index (χ4n) is 7.67. The Hall–Kier alpha value is -3.47. The Bertz CT molecular complexity index is 1630. The predicted molar refractivity (Wildman–Crippen MR) is 158 cm³/mol. The Kier molecular flexibility index (Phi) is 6.06. The topological polar surface area (TPSA) is 46.8 Å². The number of ether oxygens (including phenoxy) is 1. The van der Waals surface area contributed by atoms with E-state index in [0.717, 1.165) is 47.6 Å². The van der Waals surface area contributed by atoms with Crippen molar-refractivity contribution in [2.75, 3.05) is 13.7 Å². The molecule has 1 spiro atoms. The Labute approximate surface area is 230 Å². The lowest BCUT2D eigenvalue weighted by molar-refractivity contribution is -0.950. The molecule has 198 valence electrons. The van der Waals surface area contributed by atoms with Crippen LogP contribution in [0.1, 0.15) is 49.8 Å². The zero-order valence-electron chi connectivity index (χ0n) is 22.9. The van der Waals surface area contributed by atoms with E-state index in [1.807, 2.05) is 30.5 Å². The minimum Gasteiger partial charge on any atom is -0.497 e. The van der Waals surface area contributed by atoms with E-state index in [1.54, 1.807) is 7.11 Å². The summed E-state index contributed by atoms with van der Waals surface area (Å²) in [5.41, 5.74) is 3.66. The van der Waals surface area contributed by atoms with Gasteiger partial charge in [0.2, 0.25) is 0 Å². The second-order valence-corrected chi connectivity index (χ2v) is 11.8. The maximum atomic E-state index is 12.2. The molecule has 5 atom stereocenters. The summed E-state index contributed by atoms with van der Waals surface area (Å²) < 4.78 is 5.54. The normalized spacial score (nSPS) is 25.4. The number of piperidine rings is 1. The molecule has 1 saturated carbocycles. The van der Waals surface area contributed by atoms with E-state index in [2.05, 4.69) is 66.5 Å². The van der Waals surface area contributed by atoms with Gasteiger partial charge in [0.15, 0.2) is 0 Å². The monoisotopic (exact) mass is 517 g/mol. The fourth-order valence-corrected chi connectivity index (χ4v) is 7.67. The molecule has 4 aromatic carbocycles. The van der Waals surface area contributed by atoms with Crippen LogP contribution in [0.5, 0.6) is 5.75 Å². The number of methoxy groups -OCH3 is 1. The second-order valence-electron chi connectivity index (χ2n) is 11.8. The molecule has 1 aliphatic heterocycles. The number of aliphatic hydroxyl groups excluding tert-OH is 1. The van der Waals surface area contributed by atoms with E-state index in [9.17, 15) is 5.11 Å². The summed E-state index contributed by atoms with van der Waals surface area (Å²) in [5.74, 6) is 1.59. The molecular weight excluding hydrogens is 480 g/mol. The van der Waals surface area contributed by atoms with Gasteiger partial charge in [0, 0.05) is 30.0 Å². The first kappa shape index (κ1) is 24.6. The molecule has 0 amide bonds. The molecule has 7 rings (SSSR count). The number of fused-ring (bicyclic) bond motifs is 3. The van der Waals surface area contributed by atoms with E-state index >= 15 is 0 Å². The Balaban J connectivity index is 1.32. The van der Waals surface area contributed by atoms with Crippen molar-refractivity contribution in [1.29, 1.82) is 0 Å². The Morgan fingerprint density at radius 3 is 2.38 bits per heavy atom. The molecule has 2 N–H and O–H groups in total. The van der Waals surface area contributed by atoms with Crippen molar-refractivity contribution in [2.24, 2.45) is 11.3 Å². The lowest BCUT2D eigenvalue weighted by Gasteiger charge is -2.40. The summed E-state index contributed by atoms with van der Waals surface area (Å²) in [4.78, 5) is 6.08. The van der Waals surface area contributed by atoms with Crippen LogP contribution in [0.2, 0.25) is 0 Å². The number of pyridine rings is 1. The summed E-state index contributed by atoms with van der Waals surface area (Å²) in [7, 11) is 1.69. The van der Waals surface area contributed by atoms with E-state index < -0.39 is 6.10 Å². The minimum absolute atomic E-state index is 0.116. The summed E-state index contributed by atoms with van der Waals surface area (Å²) in [6, 6.07) is 28.0. The highest BCUT2D eigenvalue weighted by atomic mass is 16.5. The zero-order valence-corrected chi connectivity index (χ0v) is 22.9. The van der Waals surface area contributed by atoms with Crippen molar-refractivity contribution in [3.63, 3.8) is 0 Å². The van der Waals surface area contributed by atoms with Gasteiger partial charge in [-0.2, -0.15) is 0 Å². The highest BCUT2D eigenvalue weighted by molar-refractivity contribution is 6.02. The largest absolute Gasteiger partial charge is 0.497 e. The van der Waals surface area contributed by atoms with Crippen molar-refractivity contribution < 1.29 is 14.7 Å². The molecule has 2 aliphatic rings. The van der Waals surface area contributed by atoms with Gasteiger partial charge in [-0.15, -0.1) is 0 Å². The molecule has 1 aliphatic carbocycles. The molecule has 1 aromatic heterocycles. The molecule has 4 nitrogen and oxygen atoms in total. The van der Waals surface area contributed by atoms with Gasteiger partial charge in [-0.1, -0.05) is 61.9 Å². The third kappa shape index (κ3) is 4.18. The van der Waals surface area contributed by atoms with Crippen LogP contribution in [0.15, 0.2) is 85.1 Å². The van der Waals surface area contributed by atoms with Crippen LogP contribution in [0, 0.1) is 11.3 Å². The number of benzene rings is 4. The van der Waals surface area contributed by atoms with E-state index in [-0.39, 0.29) is 6.04 Å². The van der Waals surface area contributed by atoms with Crippen molar-refractivity contribution in [3.8, 4) is 5.75 Å². The minimum atomic E-state index is -0.575. The van der Waals surface area contributed by atoms with Crippen molar-refractivity contribution >= 4 is 32.4 Å². The lowest BCUT2D eigenvalue weighted by Crippen LogP contribution is -3.16. The Morgan fingerprint density at radius 2 is 1.69 bits per heavy atom. The van der Waals surface area contributed by atoms with Crippen LogP contribution in [-0.2, 0) is 6.54 Å². The van der Waals surface area contributed by atoms with E-state index in [0.29, 0.717) is 5.41 Å². The first-order valence-electron chi connectivity index (χ1n) is 14.4. The third-order valence-electron chi connectivity index (χ3n) is 9.92. The van der Waals surface area contributed by atoms with Gasteiger partial charge in [-0.3, -0.25) is 4.98 Å². The molecule has 39 heavy (non-hydrogen) atoms. The molecule has 0 radical (unpaired) electrons. The number of aromatic nitrogens is 1. The summed E-state index contributed by atoms with van der Waals surface area (Å²) in [6.07, 6.45) is 6.13. The average Bonchev–Trinajstić information content (AvgIpc) is 3.68. The van der Waals surface area contributed by atoms with Gasteiger partial charge in [-0.05, 0) is 75.2 Å². The number of nitrogens with zero attached hydrogens (tertiary/aromatic N) is 1. The highest BCUT2D eigenvalue weighted by Crippen LogP contribution is 2.61. The number of rotatable bonds is 6. The van der Waals surface area contributed by atoms with E-state index in [4.69, 9.17) is 4.74 Å². The molecule has 5 aromatic rings. The van der Waals surface area contributed by atoms with Crippen LogP contribution >= 0.6 is 0 Å². The van der Waals surface area contributed by atoms with Gasteiger partial charge in [0.05, 0.1) is 19.2 Å². The molecule has 0 bridgehead atoms. The smallest absolute Gasteiger partial charge is 0.131 e. The molecule has 5 unspecified atom stereocenters. The third-order valence-corrected chi connectivity index (χ3v) is 9.92. The number of likely N-dealkylation sites (tertiary alicyclic amines) is 1. The quantitative estimate of drug-likeness (QED) is 0.262. The number of aliphatic hydroxyl groups is 1. The van der Waals surface area contributed by atoms with Gasteiger partial charge in [0.1, 0.15) is 24.4 Å². The van der Waals surface area contributed by atoms with Crippen LogP contribution in [0.25, 0.3) is 32.4 Å². The van der Waals surface area contributed by atoms with Gasteiger partial charge >= 0.3 is 0 Å². The standard InChI is InChI=1S/C35H36N2O2/c1-3-25-20-35(25)15-17-37(22-31-27-10-6-4-8-23(27)18-24-9-5-7-11-28(24)31)33(21-35)34(38)29-14-16-36-32-13-12-26(39-2)19-30(29)32/h4-14,16,18-19,25,33-34,38H,3,15,17,20-22H2,1-2H3/p+1. The fraction of sp³-hybridized carbons (Fsp3) is 0.343. The number of quaternary nitrogens is 1. The van der Waals surface area contributed by atoms with Crippen LogP contribution in [0.4, 0.5) is 0 Å². The predicted octanol–water partition coefficient (Wildman–Crippen LogP) is 6.25. The second kappa shape index (κ2) is 9.62. The number of hydrogen-bond donors (Lipinski definition) is 2. The van der Waals surface area contributed by atoms with Gasteiger partial charge < -0.3 is 14.7 Å². The molecular formula is C35H37N2O2+. The molecule has 1 saturated heterocycles. The average molecular weight is 518 g/mol. The number of nitrogens with one attached hydrogen (secondary N) is 1. The van der Waals surface area contributed by atoms with Crippen LogP contribution < -0.4 is 9.64 Å². The maximum Gasteiger partial charge on any atom is 0.131 e. The number of hydrogen-bond acceptors (Lipinski definition) is 3. The van der Waals surface area contributed by atoms with Gasteiger partial charge in [0.25, 0.3) is 0 Å². The Morgan fingerprint density at radius 1 is 0.949 bits per heavy atom.